The molecule has 0 aliphatic rings. The van der Waals surface area contributed by atoms with Crippen molar-refractivity contribution in [2.24, 2.45) is 30.7 Å². The minimum absolute atomic E-state index is 0.0511. The summed E-state index contributed by atoms with van der Waals surface area (Å²) in [5, 5.41) is 34.0. The zero-order chi connectivity index (χ0) is 48.6. The molecule has 0 amide bonds. The van der Waals surface area contributed by atoms with Gasteiger partial charge >= 0.3 is 37.2 Å². The molecule has 0 aliphatic carbocycles. The largest absolute Gasteiger partial charge is 0.478 e. The lowest BCUT2D eigenvalue weighted by atomic mass is 10.1. The summed E-state index contributed by atoms with van der Waals surface area (Å²) >= 11 is 0. The maximum absolute atomic E-state index is 12.8. The maximum atomic E-state index is 12.8. The minimum Gasteiger partial charge on any atom is -0.478 e. The first-order chi connectivity index (χ1) is 30.0. The van der Waals surface area contributed by atoms with Gasteiger partial charge in [-0.1, -0.05) is 0 Å². The summed E-state index contributed by atoms with van der Waals surface area (Å²) in [7, 11) is -27.2. The number of carboxylic acids is 1. The smallest absolute Gasteiger partial charge is 0.397 e. The zero-order valence-corrected chi connectivity index (χ0v) is 37.2. The second kappa shape index (κ2) is 20.6. The highest BCUT2D eigenvalue weighted by Gasteiger charge is 2.27. The number of nitrogens with zero attached hydrogens (tertiary/aromatic N) is 6. The molecule has 4 aromatic carbocycles. The van der Waals surface area contributed by atoms with Crippen molar-refractivity contribution in [1.82, 2.24) is 0 Å². The van der Waals surface area contributed by atoms with E-state index in [2.05, 4.69) is 43.2 Å². The Balaban J connectivity index is 1.77. The number of carbonyl (C=O) groups is 1. The molecule has 352 valence electrons. The molecule has 4 aromatic rings. The third-order valence-corrected chi connectivity index (χ3v) is 14.3. The highest BCUT2D eigenvalue weighted by atomic mass is 32.3. The fourth-order valence-electron chi connectivity index (χ4n) is 4.85. The van der Waals surface area contributed by atoms with Gasteiger partial charge in [0.05, 0.1) is 80.2 Å². The molecule has 0 aromatic heterocycles. The van der Waals surface area contributed by atoms with Gasteiger partial charge in [0.1, 0.15) is 22.6 Å². The van der Waals surface area contributed by atoms with Crippen LogP contribution in [0.1, 0.15) is 10.4 Å². The fraction of sp³-hybridized carbons (Fsp3) is 0.194. The number of anilines is 2. The molecule has 28 nitrogen and oxygen atoms in total. The average Bonchev–Trinajstić information content (AvgIpc) is 3.18. The lowest BCUT2D eigenvalue weighted by molar-refractivity contribution is 0.0698. The Morgan fingerprint density at radius 1 is 0.431 bits per heavy atom. The first-order valence-electron chi connectivity index (χ1n) is 17.1. The van der Waals surface area contributed by atoms with E-state index in [0.29, 0.717) is 0 Å². The van der Waals surface area contributed by atoms with Crippen molar-refractivity contribution < 1.29 is 86.6 Å². The van der Waals surface area contributed by atoms with Crippen LogP contribution in [-0.4, -0.2) is 112 Å². The Morgan fingerprint density at radius 2 is 0.677 bits per heavy atom. The average molecular weight is 1030 g/mol. The lowest BCUT2D eigenvalue weighted by Crippen LogP contribution is -2.15. The number of hydrogen-bond donors (Lipinski definition) is 6. The summed E-state index contributed by atoms with van der Waals surface area (Å²) in [6.07, 6.45) is 0. The van der Waals surface area contributed by atoms with E-state index in [-0.39, 0.29) is 31.7 Å². The van der Waals surface area contributed by atoms with Crippen LogP contribution in [0.3, 0.4) is 0 Å². The van der Waals surface area contributed by atoms with Gasteiger partial charge in [-0.15, -0.1) is 15.3 Å². The minimum atomic E-state index is -4.92. The number of nitrogens with two attached hydrogens (primary N) is 2. The van der Waals surface area contributed by atoms with E-state index in [9.17, 15) is 60.4 Å². The van der Waals surface area contributed by atoms with Crippen LogP contribution in [0.2, 0.25) is 0 Å². The second-order valence-electron chi connectivity index (χ2n) is 12.3. The van der Waals surface area contributed by atoms with E-state index in [1.165, 1.54) is 0 Å². The van der Waals surface area contributed by atoms with Crippen molar-refractivity contribution >= 4 is 112 Å². The summed E-state index contributed by atoms with van der Waals surface area (Å²) in [6, 6.07) is 13.0. The number of benzene rings is 4. The molecule has 0 bridgehead atoms. The molecule has 0 radical (unpaired) electrons. The molecule has 0 spiro atoms. The van der Waals surface area contributed by atoms with Gasteiger partial charge in [0.25, 0.3) is 0 Å². The van der Waals surface area contributed by atoms with Crippen molar-refractivity contribution in [3.8, 4) is 0 Å². The van der Waals surface area contributed by atoms with Gasteiger partial charge < -0.3 is 16.6 Å². The number of hydrogen-bond acceptors (Lipinski definition) is 24. The molecule has 0 heterocycles. The monoisotopic (exact) mass is 1030 g/mol. The van der Waals surface area contributed by atoms with Crippen molar-refractivity contribution in [1.29, 1.82) is 0 Å². The molecule has 0 saturated heterocycles. The molecular weight excluding hydrogens is 997 g/mol. The third kappa shape index (κ3) is 15.4. The van der Waals surface area contributed by atoms with Crippen molar-refractivity contribution in [2.45, 2.75) is 14.7 Å². The predicted molar refractivity (Wildman–Crippen MR) is 223 cm³/mol. The van der Waals surface area contributed by atoms with Crippen molar-refractivity contribution in [2.75, 3.05) is 48.5 Å². The molecule has 0 fully saturated rings. The van der Waals surface area contributed by atoms with E-state index in [0.717, 1.165) is 72.8 Å². The van der Waals surface area contributed by atoms with E-state index in [4.69, 9.17) is 25.1 Å². The van der Waals surface area contributed by atoms with Gasteiger partial charge in [-0.3, -0.25) is 13.7 Å². The van der Waals surface area contributed by atoms with Gasteiger partial charge in [0.15, 0.2) is 29.5 Å². The van der Waals surface area contributed by atoms with Crippen LogP contribution in [-0.2, 0) is 73.3 Å². The molecule has 0 saturated carbocycles. The fourth-order valence-corrected chi connectivity index (χ4v) is 9.32. The molecule has 34 heteroatoms. The quantitative estimate of drug-likeness (QED) is 0.0372. The first kappa shape index (κ1) is 51.8. The standard InChI is InChI=1S/C31H32N8O20S6/c32-26-28(37-34-19-1-7-22(8-2-19)60(42,43)16-13-57-63(48,49)50)25(31(40)41)29(38-35-20-3-9-23(10-4-20)61(44,45)17-14-58-64(51,52)53)27(33)30(26)39-36-21-5-11-24(12-6-21)62(46,47)18-15-59-65(54,55)56/h1-12H,13-18,32-33H2,(H,40,41)(H,48,49,50)(H,51,52,53)(H,54,55,56). The highest BCUT2D eigenvalue weighted by Crippen LogP contribution is 2.49. The number of azo groups is 3. The predicted octanol–water partition coefficient (Wildman–Crippen LogP) is 3.57. The van der Waals surface area contributed by atoms with Gasteiger partial charge in [-0.2, -0.15) is 40.6 Å². The van der Waals surface area contributed by atoms with E-state index in [1.54, 1.807) is 0 Å². The van der Waals surface area contributed by atoms with Crippen LogP contribution in [0, 0.1) is 0 Å². The van der Waals surface area contributed by atoms with Crippen LogP contribution in [0.25, 0.3) is 0 Å². The van der Waals surface area contributed by atoms with Crippen LogP contribution >= 0.6 is 0 Å². The molecule has 8 N–H and O–H groups in total. The summed E-state index contributed by atoms with van der Waals surface area (Å²) in [5.74, 6) is -4.32. The first-order valence-corrected chi connectivity index (χ1v) is 26.1. The highest BCUT2D eigenvalue weighted by molar-refractivity contribution is 7.92. The number of rotatable bonds is 22. The summed E-state index contributed by atoms with van der Waals surface area (Å²) < 4.78 is 179. The summed E-state index contributed by atoms with van der Waals surface area (Å²) in [6.45, 7) is -2.72. The Labute approximate surface area is 369 Å². The van der Waals surface area contributed by atoms with Gasteiger partial charge in [0.2, 0.25) is 0 Å². The van der Waals surface area contributed by atoms with Gasteiger partial charge in [0, 0.05) is 0 Å². The van der Waals surface area contributed by atoms with E-state index in [1.807, 2.05) is 0 Å². The molecule has 0 unspecified atom stereocenters. The number of nitrogen functional groups attached to an aromatic ring is 2. The number of carboxylic acid groups (broad SMARTS) is 1. The SMILES string of the molecule is Nc1c(N=Nc2ccc(S(=O)(=O)CCOS(=O)(=O)O)cc2)c(N)c(N=Nc2ccc(S(=O)(=O)CCOS(=O)(=O)O)cc2)c(C(=O)O)c1N=Nc1ccc(S(=O)(=O)CCOS(=O)(=O)O)cc1. The zero-order valence-electron chi connectivity index (χ0n) is 32.3. The number of aromatic carboxylic acids is 1. The van der Waals surface area contributed by atoms with Crippen LogP contribution in [0.4, 0.5) is 45.5 Å². The lowest BCUT2D eigenvalue weighted by Gasteiger charge is -2.13. The van der Waals surface area contributed by atoms with E-state index < -0.39 is 138 Å². The van der Waals surface area contributed by atoms with Gasteiger partial charge in [-0.25, -0.2) is 42.6 Å². The molecular formula is C31H32N8O20S6. The Morgan fingerprint density at radius 3 is 0.908 bits per heavy atom. The van der Waals surface area contributed by atoms with E-state index >= 15 is 0 Å². The van der Waals surface area contributed by atoms with Gasteiger partial charge in [-0.05, 0) is 72.8 Å². The summed E-state index contributed by atoms with van der Waals surface area (Å²) in [5.41, 5.74) is 8.61. The Hall–Kier alpha value is -5.79. The second-order valence-corrected chi connectivity index (χ2v) is 21.9. The van der Waals surface area contributed by atoms with Crippen molar-refractivity contribution in [3.63, 3.8) is 0 Å². The van der Waals surface area contributed by atoms with Crippen LogP contribution in [0.15, 0.2) is 118 Å². The topological polar surface area (TPSA) is 457 Å². The Kier molecular flexibility index (Phi) is 16.4. The third-order valence-electron chi connectivity index (χ3n) is 7.84. The molecule has 65 heavy (non-hydrogen) atoms. The molecule has 0 aliphatic heterocycles. The summed E-state index contributed by atoms with van der Waals surface area (Å²) in [4.78, 5) is 11.8. The van der Waals surface area contributed by atoms with Crippen LogP contribution < -0.4 is 11.5 Å². The molecule has 4 rings (SSSR count). The maximum Gasteiger partial charge on any atom is 0.397 e. The Bertz CT molecular complexity index is 3070. The normalized spacial score (nSPS) is 13.3. The molecule has 0 atom stereocenters. The van der Waals surface area contributed by atoms with Crippen molar-refractivity contribution in [3.05, 3.63) is 78.4 Å². The van der Waals surface area contributed by atoms with Crippen LogP contribution in [0.5, 0.6) is 0 Å². The number of sulfone groups is 3.